The standard InChI is InChI=1S/C13H15N3O5.ClH/c14-21-4-2-1-3-7-12(13(19)20)16-9-6-11(18)10(17)5-8(9)15-7;/h5-6,17-18H,1-4,14H2,(H,19,20);1H. The van der Waals surface area contributed by atoms with E-state index in [2.05, 4.69) is 14.8 Å². The Balaban J connectivity index is 0.00000242. The normalized spacial score (nSPS) is 10.4. The van der Waals surface area contributed by atoms with Gasteiger partial charge in [-0.15, -0.1) is 12.4 Å². The molecule has 0 atom stereocenters. The van der Waals surface area contributed by atoms with Gasteiger partial charge in [0, 0.05) is 12.1 Å². The molecule has 120 valence electrons. The molecule has 1 aromatic heterocycles. The quantitative estimate of drug-likeness (QED) is 0.354. The number of halogens is 1. The molecule has 1 aromatic carbocycles. The van der Waals surface area contributed by atoms with Gasteiger partial charge in [-0.1, -0.05) is 0 Å². The van der Waals surface area contributed by atoms with Crippen LogP contribution in [0.15, 0.2) is 12.1 Å². The van der Waals surface area contributed by atoms with Gasteiger partial charge >= 0.3 is 5.97 Å². The summed E-state index contributed by atoms with van der Waals surface area (Å²) in [6, 6.07) is 2.42. The lowest BCUT2D eigenvalue weighted by molar-refractivity contribution is 0.0689. The zero-order chi connectivity index (χ0) is 15.4. The number of hydrogen-bond donors (Lipinski definition) is 4. The van der Waals surface area contributed by atoms with Crippen LogP contribution >= 0.6 is 12.4 Å². The van der Waals surface area contributed by atoms with Crippen molar-refractivity contribution >= 4 is 29.4 Å². The Bertz CT molecular complexity index is 680. The molecule has 1 heterocycles. The molecule has 0 radical (unpaired) electrons. The maximum absolute atomic E-state index is 11.2. The number of aromatic hydroxyl groups is 2. The molecule has 0 unspecified atom stereocenters. The first kappa shape index (κ1) is 17.9. The van der Waals surface area contributed by atoms with Crippen LogP contribution in [0, 0.1) is 0 Å². The molecular weight excluding hydrogens is 314 g/mol. The number of hydrogen-bond acceptors (Lipinski definition) is 7. The average Bonchev–Trinajstić information content (AvgIpc) is 2.44. The minimum Gasteiger partial charge on any atom is -0.504 e. The average molecular weight is 330 g/mol. The summed E-state index contributed by atoms with van der Waals surface area (Å²) in [5.41, 5.74) is 0.676. The molecule has 2 aromatic rings. The van der Waals surface area contributed by atoms with Crippen LogP contribution < -0.4 is 5.90 Å². The monoisotopic (exact) mass is 329 g/mol. The van der Waals surface area contributed by atoms with Crippen molar-refractivity contribution in [3.05, 3.63) is 23.5 Å². The highest BCUT2D eigenvalue weighted by Crippen LogP contribution is 2.29. The van der Waals surface area contributed by atoms with E-state index in [9.17, 15) is 20.1 Å². The highest BCUT2D eigenvalue weighted by atomic mass is 35.5. The second-order valence-corrected chi connectivity index (χ2v) is 4.48. The molecular formula is C13H16ClN3O5. The maximum atomic E-state index is 11.2. The summed E-state index contributed by atoms with van der Waals surface area (Å²) in [6.07, 6.45) is 1.70. The van der Waals surface area contributed by atoms with Crippen molar-refractivity contribution in [2.75, 3.05) is 6.61 Å². The number of phenolic OH excluding ortho intramolecular Hbond substituents is 2. The van der Waals surface area contributed by atoms with Crippen molar-refractivity contribution in [3.8, 4) is 11.5 Å². The molecule has 5 N–H and O–H groups in total. The summed E-state index contributed by atoms with van der Waals surface area (Å²) in [5, 5.41) is 28.1. The Kier molecular flexibility index (Phi) is 6.29. The summed E-state index contributed by atoms with van der Waals surface area (Å²) >= 11 is 0. The SMILES string of the molecule is Cl.NOCCCCc1nc2cc(O)c(O)cc2nc1C(=O)O. The van der Waals surface area contributed by atoms with E-state index in [1.54, 1.807) is 0 Å². The summed E-state index contributed by atoms with van der Waals surface area (Å²) in [7, 11) is 0. The fourth-order valence-electron chi connectivity index (χ4n) is 1.94. The van der Waals surface area contributed by atoms with Gasteiger partial charge in [-0.05, 0) is 19.3 Å². The number of aromatic carboxylic acids is 1. The molecule has 0 aliphatic carbocycles. The third-order valence-corrected chi connectivity index (χ3v) is 2.96. The maximum Gasteiger partial charge on any atom is 0.356 e. The third-order valence-electron chi connectivity index (χ3n) is 2.96. The molecule has 0 bridgehead atoms. The van der Waals surface area contributed by atoms with Gasteiger partial charge in [0.1, 0.15) is 0 Å². The molecule has 0 amide bonds. The van der Waals surface area contributed by atoms with Crippen LogP contribution in [0.4, 0.5) is 0 Å². The lowest BCUT2D eigenvalue weighted by atomic mass is 10.1. The Morgan fingerprint density at radius 2 is 1.73 bits per heavy atom. The van der Waals surface area contributed by atoms with E-state index >= 15 is 0 Å². The van der Waals surface area contributed by atoms with Gasteiger partial charge in [0.2, 0.25) is 0 Å². The lowest BCUT2D eigenvalue weighted by Crippen LogP contribution is -2.09. The van der Waals surface area contributed by atoms with Gasteiger partial charge in [0.15, 0.2) is 17.2 Å². The zero-order valence-corrected chi connectivity index (χ0v) is 12.3. The van der Waals surface area contributed by atoms with Crippen LogP contribution in [0.1, 0.15) is 29.0 Å². The predicted octanol–water partition coefficient (Wildman–Crippen LogP) is 1.37. The molecule has 9 heteroatoms. The zero-order valence-electron chi connectivity index (χ0n) is 11.5. The lowest BCUT2D eigenvalue weighted by Gasteiger charge is -2.07. The number of aryl methyl sites for hydroxylation is 1. The minimum absolute atomic E-state index is 0. The summed E-state index contributed by atoms with van der Waals surface area (Å²) in [5.74, 6) is 3.02. The van der Waals surface area contributed by atoms with Crippen molar-refractivity contribution in [1.29, 1.82) is 0 Å². The number of phenols is 2. The van der Waals surface area contributed by atoms with Crippen LogP contribution in [-0.2, 0) is 11.3 Å². The first-order chi connectivity index (χ1) is 10.0. The number of nitrogens with two attached hydrogens (primary N) is 1. The molecule has 8 nitrogen and oxygen atoms in total. The Labute approximate surface area is 131 Å². The first-order valence-electron chi connectivity index (χ1n) is 6.30. The molecule has 0 saturated carbocycles. The largest absolute Gasteiger partial charge is 0.504 e. The minimum atomic E-state index is -1.19. The Morgan fingerprint density at radius 3 is 2.27 bits per heavy atom. The number of unbranched alkanes of at least 4 members (excludes halogenated alkanes) is 1. The molecule has 22 heavy (non-hydrogen) atoms. The van der Waals surface area contributed by atoms with Crippen LogP contribution in [-0.4, -0.2) is 37.9 Å². The van der Waals surface area contributed by atoms with E-state index in [4.69, 9.17) is 5.90 Å². The molecule has 2 rings (SSSR count). The fourth-order valence-corrected chi connectivity index (χ4v) is 1.94. The number of carboxylic acids is 1. The van der Waals surface area contributed by atoms with Gasteiger partial charge in [-0.25, -0.2) is 20.7 Å². The molecule has 0 aliphatic rings. The second-order valence-electron chi connectivity index (χ2n) is 4.48. The number of nitrogens with zero attached hydrogens (tertiary/aromatic N) is 2. The number of carbonyl (C=O) groups is 1. The molecule has 0 spiro atoms. The Hall–Kier alpha value is -2.16. The Morgan fingerprint density at radius 1 is 1.14 bits per heavy atom. The second kappa shape index (κ2) is 7.74. The number of rotatable bonds is 6. The van der Waals surface area contributed by atoms with Crippen molar-refractivity contribution < 1.29 is 25.0 Å². The van der Waals surface area contributed by atoms with E-state index in [-0.39, 0.29) is 35.1 Å². The topological polar surface area (TPSA) is 139 Å². The number of carboxylic acid groups (broad SMARTS) is 1. The van der Waals surface area contributed by atoms with Crippen molar-refractivity contribution in [1.82, 2.24) is 9.97 Å². The number of aromatic nitrogens is 2. The summed E-state index contributed by atoms with van der Waals surface area (Å²) in [4.78, 5) is 23.9. The van der Waals surface area contributed by atoms with Gasteiger partial charge < -0.3 is 20.2 Å². The molecule has 0 saturated heterocycles. The van der Waals surface area contributed by atoms with E-state index in [1.807, 2.05) is 0 Å². The van der Waals surface area contributed by atoms with Gasteiger partial charge in [-0.3, -0.25) is 0 Å². The predicted molar refractivity (Wildman–Crippen MR) is 80.2 cm³/mol. The van der Waals surface area contributed by atoms with E-state index < -0.39 is 5.97 Å². The smallest absolute Gasteiger partial charge is 0.356 e. The van der Waals surface area contributed by atoms with E-state index in [1.165, 1.54) is 12.1 Å². The van der Waals surface area contributed by atoms with Gasteiger partial charge in [0.05, 0.1) is 23.3 Å². The number of benzene rings is 1. The van der Waals surface area contributed by atoms with Crippen molar-refractivity contribution in [2.45, 2.75) is 19.3 Å². The number of fused-ring (bicyclic) bond motifs is 1. The van der Waals surface area contributed by atoms with Crippen LogP contribution in [0.5, 0.6) is 11.5 Å². The molecule has 0 aliphatic heterocycles. The van der Waals surface area contributed by atoms with Crippen LogP contribution in [0.25, 0.3) is 11.0 Å². The summed E-state index contributed by atoms with van der Waals surface area (Å²) in [6.45, 7) is 0.373. The highest BCUT2D eigenvalue weighted by molar-refractivity contribution is 5.90. The fraction of sp³-hybridized carbons (Fsp3) is 0.308. The van der Waals surface area contributed by atoms with Gasteiger partial charge in [0.25, 0.3) is 0 Å². The first-order valence-corrected chi connectivity index (χ1v) is 6.30. The van der Waals surface area contributed by atoms with Crippen LogP contribution in [0.3, 0.4) is 0 Å². The van der Waals surface area contributed by atoms with Crippen molar-refractivity contribution in [3.63, 3.8) is 0 Å². The van der Waals surface area contributed by atoms with Gasteiger partial charge in [-0.2, -0.15) is 0 Å². The van der Waals surface area contributed by atoms with Crippen LogP contribution in [0.2, 0.25) is 0 Å². The highest BCUT2D eigenvalue weighted by Gasteiger charge is 2.16. The van der Waals surface area contributed by atoms with Crippen molar-refractivity contribution in [2.24, 2.45) is 5.90 Å². The van der Waals surface area contributed by atoms with E-state index in [0.717, 1.165) is 0 Å². The molecule has 0 fully saturated rings. The summed E-state index contributed by atoms with van der Waals surface area (Å²) < 4.78 is 0. The third kappa shape index (κ3) is 3.94. The van der Waals surface area contributed by atoms with E-state index in [0.29, 0.717) is 37.1 Å².